The largest absolute Gasteiger partial charge is 0.341 e. The van der Waals surface area contributed by atoms with Gasteiger partial charge in [0.15, 0.2) is 0 Å². The van der Waals surface area contributed by atoms with Gasteiger partial charge in [0.05, 0.1) is 10.5 Å². The molecular weight excluding hydrogens is 526 g/mol. The molecule has 0 saturated carbocycles. The lowest BCUT2D eigenvalue weighted by molar-refractivity contribution is 0.0964. The SMILES string of the molecule is CCCCN(CC)S(=O)(=O)c1ccc(C(=O)Nc2sc3c(c2C(=O)NC(=O)NC)CCN(CCC)C3)cc1. The summed E-state index contributed by atoms with van der Waals surface area (Å²) in [6, 6.07) is 5.17. The fraction of sp³-hybridized carbons (Fsp3) is 0.500. The second-order valence-electron chi connectivity index (χ2n) is 9.10. The molecule has 0 atom stereocenters. The van der Waals surface area contributed by atoms with Crippen LogP contribution < -0.4 is 16.0 Å². The number of rotatable bonds is 11. The zero-order valence-electron chi connectivity index (χ0n) is 22.4. The first-order valence-corrected chi connectivity index (χ1v) is 15.2. The number of carbonyl (C=O) groups is 3. The van der Waals surface area contributed by atoms with Crippen LogP contribution in [0, 0.1) is 0 Å². The Morgan fingerprint density at radius 1 is 1.05 bits per heavy atom. The number of carbonyl (C=O) groups excluding carboxylic acids is 3. The molecule has 1 aromatic carbocycles. The van der Waals surface area contributed by atoms with Crippen molar-refractivity contribution in [3.8, 4) is 0 Å². The lowest BCUT2D eigenvalue weighted by Crippen LogP contribution is -2.38. The van der Waals surface area contributed by atoms with Crippen molar-refractivity contribution in [1.82, 2.24) is 19.8 Å². The van der Waals surface area contributed by atoms with Gasteiger partial charge >= 0.3 is 6.03 Å². The molecule has 4 amide bonds. The normalized spacial score (nSPS) is 13.7. The van der Waals surface area contributed by atoms with Gasteiger partial charge in [0.25, 0.3) is 11.8 Å². The molecule has 0 aliphatic carbocycles. The van der Waals surface area contributed by atoms with Crippen LogP contribution in [-0.4, -0.2) is 68.7 Å². The lowest BCUT2D eigenvalue weighted by Gasteiger charge is -2.26. The number of amides is 4. The van der Waals surface area contributed by atoms with Crippen LogP contribution >= 0.6 is 11.3 Å². The highest BCUT2D eigenvalue weighted by Gasteiger charge is 2.30. The summed E-state index contributed by atoms with van der Waals surface area (Å²) in [7, 11) is -2.24. The number of nitrogens with zero attached hydrogens (tertiary/aromatic N) is 2. The van der Waals surface area contributed by atoms with E-state index in [1.165, 1.54) is 47.0 Å². The second-order valence-corrected chi connectivity index (χ2v) is 12.1. The molecule has 12 heteroatoms. The molecule has 3 N–H and O–H groups in total. The van der Waals surface area contributed by atoms with E-state index in [0.717, 1.165) is 42.8 Å². The molecule has 0 unspecified atom stereocenters. The van der Waals surface area contributed by atoms with Crippen molar-refractivity contribution >= 4 is 44.2 Å². The average molecular weight is 564 g/mol. The highest BCUT2D eigenvalue weighted by Crippen LogP contribution is 2.37. The highest BCUT2D eigenvalue weighted by molar-refractivity contribution is 7.89. The minimum atomic E-state index is -3.66. The van der Waals surface area contributed by atoms with Gasteiger partial charge in [-0.15, -0.1) is 11.3 Å². The fourth-order valence-corrected chi connectivity index (χ4v) is 7.18. The van der Waals surface area contributed by atoms with E-state index < -0.39 is 27.9 Å². The quantitative estimate of drug-likeness (QED) is 0.383. The maximum atomic E-state index is 13.2. The molecule has 0 saturated heterocycles. The molecule has 2 aromatic rings. The summed E-state index contributed by atoms with van der Waals surface area (Å²) in [5.74, 6) is -1.04. The number of sulfonamides is 1. The number of thiophene rings is 1. The molecule has 0 spiro atoms. The van der Waals surface area contributed by atoms with Crippen LogP contribution in [0.4, 0.5) is 9.80 Å². The number of imide groups is 1. The number of urea groups is 1. The van der Waals surface area contributed by atoms with E-state index in [2.05, 4.69) is 27.8 Å². The van der Waals surface area contributed by atoms with Gasteiger partial charge in [0.2, 0.25) is 10.0 Å². The molecule has 1 aromatic heterocycles. The third-order valence-electron chi connectivity index (χ3n) is 6.45. The number of hydrogen-bond donors (Lipinski definition) is 3. The smallest absolute Gasteiger partial charge is 0.321 e. The number of hydrogen-bond acceptors (Lipinski definition) is 7. The number of fused-ring (bicyclic) bond motifs is 1. The summed E-state index contributed by atoms with van der Waals surface area (Å²) in [5.41, 5.74) is 1.40. The van der Waals surface area contributed by atoms with Gasteiger partial charge in [-0.05, 0) is 55.6 Å². The van der Waals surface area contributed by atoms with Gasteiger partial charge in [-0.3, -0.25) is 19.8 Å². The summed E-state index contributed by atoms with van der Waals surface area (Å²) < 4.78 is 27.4. The molecule has 0 bridgehead atoms. The van der Waals surface area contributed by atoms with Crippen molar-refractivity contribution in [2.45, 2.75) is 57.9 Å². The van der Waals surface area contributed by atoms with Crippen LogP contribution in [0.1, 0.15) is 71.2 Å². The van der Waals surface area contributed by atoms with E-state index in [1.54, 1.807) is 6.92 Å². The van der Waals surface area contributed by atoms with Crippen LogP contribution in [0.15, 0.2) is 29.2 Å². The molecule has 208 valence electrons. The predicted octanol–water partition coefficient (Wildman–Crippen LogP) is 3.65. The van der Waals surface area contributed by atoms with Crippen molar-refractivity contribution < 1.29 is 22.8 Å². The fourth-order valence-electron chi connectivity index (χ4n) is 4.41. The third kappa shape index (κ3) is 6.79. The van der Waals surface area contributed by atoms with E-state index in [9.17, 15) is 22.8 Å². The maximum Gasteiger partial charge on any atom is 0.321 e. The molecule has 38 heavy (non-hydrogen) atoms. The average Bonchev–Trinajstić information content (AvgIpc) is 3.26. The van der Waals surface area contributed by atoms with Crippen molar-refractivity contribution in [2.24, 2.45) is 0 Å². The Bertz CT molecular complexity index is 1260. The van der Waals surface area contributed by atoms with Crippen molar-refractivity contribution in [3.05, 3.63) is 45.8 Å². The molecule has 0 fully saturated rings. The minimum Gasteiger partial charge on any atom is -0.341 e. The number of unbranched alkanes of at least 4 members (excludes halogenated alkanes) is 1. The Kier molecular flexibility index (Phi) is 10.4. The Morgan fingerprint density at radius 3 is 2.37 bits per heavy atom. The van der Waals surface area contributed by atoms with E-state index in [1.807, 2.05) is 6.92 Å². The van der Waals surface area contributed by atoms with Crippen molar-refractivity contribution in [2.75, 3.05) is 38.5 Å². The molecular formula is C26H37N5O5S2. The van der Waals surface area contributed by atoms with Crippen LogP contribution in [0.2, 0.25) is 0 Å². The summed E-state index contributed by atoms with van der Waals surface area (Å²) in [4.78, 5) is 41.4. The topological polar surface area (TPSA) is 128 Å². The summed E-state index contributed by atoms with van der Waals surface area (Å²) in [6.45, 7) is 9.11. The van der Waals surface area contributed by atoms with Gasteiger partial charge in [-0.2, -0.15) is 4.31 Å². The Morgan fingerprint density at radius 2 is 1.76 bits per heavy atom. The first-order valence-electron chi connectivity index (χ1n) is 13.0. The van der Waals surface area contributed by atoms with Gasteiger partial charge in [0, 0.05) is 43.7 Å². The van der Waals surface area contributed by atoms with Gasteiger partial charge < -0.3 is 10.6 Å². The zero-order valence-corrected chi connectivity index (χ0v) is 24.1. The molecule has 1 aliphatic heterocycles. The third-order valence-corrected chi connectivity index (χ3v) is 9.57. The summed E-state index contributed by atoms with van der Waals surface area (Å²) in [5, 5.41) is 7.88. The minimum absolute atomic E-state index is 0.125. The summed E-state index contributed by atoms with van der Waals surface area (Å²) >= 11 is 1.33. The van der Waals surface area contributed by atoms with Crippen LogP contribution in [0.5, 0.6) is 0 Å². The molecule has 3 rings (SSSR count). The zero-order chi connectivity index (χ0) is 27.9. The van der Waals surface area contributed by atoms with Crippen molar-refractivity contribution in [3.63, 3.8) is 0 Å². The van der Waals surface area contributed by atoms with E-state index in [-0.39, 0.29) is 10.5 Å². The molecule has 2 heterocycles. The Balaban J connectivity index is 1.86. The second kappa shape index (κ2) is 13.3. The molecule has 10 nitrogen and oxygen atoms in total. The van der Waals surface area contributed by atoms with Gasteiger partial charge in [-0.25, -0.2) is 13.2 Å². The van der Waals surface area contributed by atoms with Crippen LogP contribution in [0.3, 0.4) is 0 Å². The standard InChI is InChI=1S/C26H37N5O5S2/c1-5-8-15-31(7-3)38(35,36)19-11-9-18(10-12-19)23(32)28-25-22(24(33)29-26(34)27-4)20-13-16-30(14-6-2)17-21(20)37-25/h9-12H,5-8,13-17H2,1-4H3,(H,28,32)(H2,27,29,33,34). The molecule has 0 radical (unpaired) electrons. The first-order chi connectivity index (χ1) is 18.2. The lowest BCUT2D eigenvalue weighted by atomic mass is 10.0. The van der Waals surface area contributed by atoms with Crippen LogP contribution in [0.25, 0.3) is 0 Å². The van der Waals surface area contributed by atoms with Crippen LogP contribution in [-0.2, 0) is 23.0 Å². The first kappa shape index (κ1) is 29.8. The predicted molar refractivity (Wildman–Crippen MR) is 149 cm³/mol. The van der Waals surface area contributed by atoms with Gasteiger partial charge in [0.1, 0.15) is 5.00 Å². The molecule has 1 aliphatic rings. The number of anilines is 1. The van der Waals surface area contributed by atoms with Gasteiger partial charge in [-0.1, -0.05) is 27.2 Å². The van der Waals surface area contributed by atoms with E-state index in [0.29, 0.717) is 36.6 Å². The van der Waals surface area contributed by atoms with Crippen molar-refractivity contribution in [1.29, 1.82) is 0 Å². The Hall–Kier alpha value is -2.80. The highest BCUT2D eigenvalue weighted by atomic mass is 32.2. The number of benzene rings is 1. The summed E-state index contributed by atoms with van der Waals surface area (Å²) in [6.07, 6.45) is 3.30. The maximum absolute atomic E-state index is 13.2. The van der Waals surface area contributed by atoms with E-state index in [4.69, 9.17) is 0 Å². The van der Waals surface area contributed by atoms with E-state index >= 15 is 0 Å². The number of nitrogens with one attached hydrogen (secondary N) is 3. The monoisotopic (exact) mass is 563 g/mol. The Labute approximate surface area is 228 Å².